The van der Waals surface area contributed by atoms with E-state index >= 15 is 0 Å². The molecule has 0 saturated carbocycles. The number of rotatable bonds is 15. The number of hydrogen-bond acceptors (Lipinski definition) is 7. The highest BCUT2D eigenvalue weighted by Gasteiger charge is 2.24. The van der Waals surface area contributed by atoms with E-state index in [1.165, 1.54) is 20.8 Å². The first kappa shape index (κ1) is 28.2. The number of ether oxygens (including phenoxy) is 1. The SMILES string of the molecule is CCC(=O)NCCNC(=O)C(C)NC(=O)C(C)CC(=O)C(C)NC(=O)COCC(C)=O. The minimum Gasteiger partial charge on any atom is -0.364 e. The predicted molar refractivity (Wildman–Crippen MR) is 112 cm³/mol. The van der Waals surface area contributed by atoms with Crippen molar-refractivity contribution in [2.75, 3.05) is 26.3 Å². The summed E-state index contributed by atoms with van der Waals surface area (Å²) in [6.07, 6.45) is 0.228. The smallest absolute Gasteiger partial charge is 0.246 e. The van der Waals surface area contributed by atoms with E-state index in [1.54, 1.807) is 13.8 Å². The van der Waals surface area contributed by atoms with Gasteiger partial charge in [0.05, 0.1) is 6.04 Å². The average Bonchev–Trinajstić information content (AvgIpc) is 2.69. The molecule has 0 aromatic heterocycles. The van der Waals surface area contributed by atoms with Gasteiger partial charge in [0.2, 0.25) is 23.6 Å². The number of nitrogens with one attached hydrogen (secondary N) is 4. The molecule has 4 N–H and O–H groups in total. The van der Waals surface area contributed by atoms with Gasteiger partial charge in [-0.05, 0) is 20.8 Å². The van der Waals surface area contributed by atoms with Gasteiger partial charge in [-0.15, -0.1) is 0 Å². The van der Waals surface area contributed by atoms with Gasteiger partial charge in [0.25, 0.3) is 0 Å². The second kappa shape index (κ2) is 15.1. The van der Waals surface area contributed by atoms with Crippen LogP contribution in [0.1, 0.15) is 47.5 Å². The van der Waals surface area contributed by atoms with E-state index in [4.69, 9.17) is 4.74 Å². The maximum atomic E-state index is 12.3. The lowest BCUT2D eigenvalue weighted by Gasteiger charge is -2.19. The molecule has 0 spiro atoms. The Labute approximate surface area is 182 Å². The van der Waals surface area contributed by atoms with Gasteiger partial charge in [-0.3, -0.25) is 28.8 Å². The lowest BCUT2D eigenvalue weighted by Crippen LogP contribution is -2.48. The Morgan fingerprint density at radius 2 is 1.39 bits per heavy atom. The normalized spacial score (nSPS) is 13.3. The Balaban J connectivity index is 4.31. The number of ketones is 2. The van der Waals surface area contributed by atoms with Crippen LogP contribution in [0, 0.1) is 5.92 Å². The summed E-state index contributed by atoms with van der Waals surface area (Å²) in [5.41, 5.74) is 0. The monoisotopic (exact) mass is 442 g/mol. The zero-order valence-corrected chi connectivity index (χ0v) is 18.8. The molecular weight excluding hydrogens is 408 g/mol. The number of Topliss-reactive ketones (excluding diaryl/α,β-unsaturated/α-hetero) is 2. The summed E-state index contributed by atoms with van der Waals surface area (Å²) in [7, 11) is 0. The fraction of sp³-hybridized carbons (Fsp3) is 0.700. The van der Waals surface area contributed by atoms with Gasteiger partial charge in [0.1, 0.15) is 19.3 Å². The van der Waals surface area contributed by atoms with E-state index in [0.29, 0.717) is 6.42 Å². The summed E-state index contributed by atoms with van der Waals surface area (Å²) < 4.78 is 4.88. The van der Waals surface area contributed by atoms with Gasteiger partial charge in [-0.25, -0.2) is 0 Å². The van der Waals surface area contributed by atoms with Crippen molar-refractivity contribution in [2.45, 2.75) is 59.5 Å². The van der Waals surface area contributed by atoms with E-state index in [2.05, 4.69) is 21.3 Å². The predicted octanol–water partition coefficient (Wildman–Crippen LogP) is -1.16. The van der Waals surface area contributed by atoms with Crippen LogP contribution < -0.4 is 21.3 Å². The molecule has 0 aromatic rings. The molecule has 0 rings (SSSR count). The largest absolute Gasteiger partial charge is 0.364 e. The molecule has 0 aliphatic rings. The second-order valence-corrected chi connectivity index (χ2v) is 7.28. The second-order valence-electron chi connectivity index (χ2n) is 7.28. The number of carbonyl (C=O) groups is 6. The number of hydrogen-bond donors (Lipinski definition) is 4. The van der Waals surface area contributed by atoms with Gasteiger partial charge < -0.3 is 26.0 Å². The summed E-state index contributed by atoms with van der Waals surface area (Å²) in [6, 6.07) is -1.65. The van der Waals surface area contributed by atoms with Crippen molar-refractivity contribution in [1.29, 1.82) is 0 Å². The van der Waals surface area contributed by atoms with Crippen molar-refractivity contribution in [1.82, 2.24) is 21.3 Å². The Morgan fingerprint density at radius 1 is 0.774 bits per heavy atom. The summed E-state index contributed by atoms with van der Waals surface area (Å²) in [5.74, 6) is -2.83. The van der Waals surface area contributed by atoms with Gasteiger partial charge in [0, 0.05) is 31.8 Å². The van der Waals surface area contributed by atoms with Crippen molar-refractivity contribution in [3.05, 3.63) is 0 Å². The molecule has 176 valence electrons. The summed E-state index contributed by atoms with van der Waals surface area (Å²) in [6.45, 7) is 7.57. The van der Waals surface area contributed by atoms with Crippen molar-refractivity contribution in [3.63, 3.8) is 0 Å². The van der Waals surface area contributed by atoms with Crippen molar-refractivity contribution in [2.24, 2.45) is 5.92 Å². The van der Waals surface area contributed by atoms with Crippen LogP contribution in [0.2, 0.25) is 0 Å². The Bertz CT molecular complexity index is 666. The first-order valence-electron chi connectivity index (χ1n) is 10.2. The van der Waals surface area contributed by atoms with Crippen LogP contribution in [0.15, 0.2) is 0 Å². The highest BCUT2D eigenvalue weighted by Crippen LogP contribution is 2.06. The van der Waals surface area contributed by atoms with Crippen LogP contribution in [0.5, 0.6) is 0 Å². The topological polar surface area (TPSA) is 160 Å². The van der Waals surface area contributed by atoms with Crippen LogP contribution in [-0.2, 0) is 33.5 Å². The molecule has 0 radical (unpaired) electrons. The van der Waals surface area contributed by atoms with Gasteiger partial charge in [-0.1, -0.05) is 13.8 Å². The lowest BCUT2D eigenvalue weighted by atomic mass is 9.99. The molecule has 0 aromatic carbocycles. The van der Waals surface area contributed by atoms with Gasteiger partial charge in [-0.2, -0.15) is 0 Å². The fourth-order valence-corrected chi connectivity index (χ4v) is 2.31. The summed E-state index contributed by atoms with van der Waals surface area (Å²) in [4.78, 5) is 70.1. The van der Waals surface area contributed by atoms with E-state index in [1.807, 2.05) is 0 Å². The van der Waals surface area contributed by atoms with Crippen LogP contribution in [0.4, 0.5) is 0 Å². The average molecular weight is 443 g/mol. The first-order valence-corrected chi connectivity index (χ1v) is 10.2. The van der Waals surface area contributed by atoms with Crippen molar-refractivity contribution >= 4 is 35.2 Å². The molecular formula is C20H34N4O7. The molecule has 31 heavy (non-hydrogen) atoms. The maximum Gasteiger partial charge on any atom is 0.246 e. The minimum atomic E-state index is -0.831. The van der Waals surface area contributed by atoms with Gasteiger partial charge in [0.15, 0.2) is 11.6 Å². The molecule has 0 aliphatic carbocycles. The molecule has 0 saturated heterocycles. The third kappa shape index (κ3) is 13.2. The molecule has 11 nitrogen and oxygen atoms in total. The zero-order valence-electron chi connectivity index (χ0n) is 18.8. The highest BCUT2D eigenvalue weighted by molar-refractivity contribution is 5.93. The summed E-state index contributed by atoms with van der Waals surface area (Å²) in [5, 5.41) is 10.2. The molecule has 0 aliphatic heterocycles. The quantitative estimate of drug-likeness (QED) is 0.233. The van der Waals surface area contributed by atoms with Gasteiger partial charge >= 0.3 is 0 Å². The van der Waals surface area contributed by atoms with Crippen LogP contribution >= 0.6 is 0 Å². The Kier molecular flexibility index (Phi) is 13.7. The number of amides is 4. The van der Waals surface area contributed by atoms with Crippen LogP contribution in [-0.4, -0.2) is 73.6 Å². The zero-order chi connectivity index (χ0) is 24.0. The third-order valence-electron chi connectivity index (χ3n) is 4.17. The standard InChI is InChI=1S/C20H34N4O7/c1-6-17(27)21-7-8-22-20(30)15(5)24-19(29)12(2)9-16(26)14(4)23-18(28)11-31-10-13(3)25/h12,14-15H,6-11H2,1-5H3,(H,21,27)(H,22,30)(H,23,28)(H,24,29). The molecule has 11 heteroatoms. The Hall–Kier alpha value is -2.82. The molecule has 3 atom stereocenters. The number of carbonyl (C=O) groups excluding carboxylic acids is 6. The third-order valence-corrected chi connectivity index (χ3v) is 4.17. The fourth-order valence-electron chi connectivity index (χ4n) is 2.31. The van der Waals surface area contributed by atoms with Crippen LogP contribution in [0.25, 0.3) is 0 Å². The maximum absolute atomic E-state index is 12.3. The molecule has 4 amide bonds. The molecule has 3 unspecified atom stereocenters. The van der Waals surface area contributed by atoms with Crippen molar-refractivity contribution < 1.29 is 33.5 Å². The first-order chi connectivity index (χ1) is 14.5. The summed E-state index contributed by atoms with van der Waals surface area (Å²) >= 11 is 0. The van der Waals surface area contributed by atoms with E-state index in [9.17, 15) is 28.8 Å². The van der Waals surface area contributed by atoms with E-state index in [-0.39, 0.29) is 50.2 Å². The molecule has 0 fully saturated rings. The minimum absolute atomic E-state index is 0.122. The highest BCUT2D eigenvalue weighted by atomic mass is 16.5. The molecule has 0 heterocycles. The van der Waals surface area contributed by atoms with E-state index < -0.39 is 35.7 Å². The van der Waals surface area contributed by atoms with Crippen LogP contribution in [0.3, 0.4) is 0 Å². The molecule has 0 bridgehead atoms. The van der Waals surface area contributed by atoms with Crippen molar-refractivity contribution in [3.8, 4) is 0 Å². The lowest BCUT2D eigenvalue weighted by molar-refractivity contribution is -0.134. The van der Waals surface area contributed by atoms with E-state index in [0.717, 1.165) is 0 Å². The Morgan fingerprint density at radius 3 is 1.97 bits per heavy atom.